The summed E-state index contributed by atoms with van der Waals surface area (Å²) >= 11 is 0. The van der Waals surface area contributed by atoms with Crippen LogP contribution in [0, 0.1) is 17.8 Å². The van der Waals surface area contributed by atoms with Gasteiger partial charge in [-0.15, -0.1) is 6.58 Å². The van der Waals surface area contributed by atoms with Crippen LogP contribution in [0.4, 0.5) is 8.78 Å². The van der Waals surface area contributed by atoms with E-state index in [0.29, 0.717) is 18.9 Å². The Morgan fingerprint density at radius 3 is 2.37 bits per heavy atom. The van der Waals surface area contributed by atoms with Crippen LogP contribution in [-0.2, 0) is 4.74 Å². The van der Waals surface area contributed by atoms with Crippen LogP contribution < -0.4 is 0 Å². The Hall–Kier alpha value is -0.440. The molecule has 2 rings (SSSR count). The minimum atomic E-state index is -1.46. The molecule has 3 heteroatoms. The molecule has 0 aromatic heterocycles. The van der Waals surface area contributed by atoms with Crippen molar-refractivity contribution in [3.8, 4) is 0 Å². The minimum Gasteiger partial charge on any atom is -0.371 e. The lowest BCUT2D eigenvalue weighted by Crippen LogP contribution is -2.45. The van der Waals surface area contributed by atoms with Gasteiger partial charge in [0, 0.05) is 0 Å². The topological polar surface area (TPSA) is 9.23 Å². The second-order valence-electron chi connectivity index (χ2n) is 6.31. The van der Waals surface area contributed by atoms with Crippen molar-refractivity contribution in [2.24, 2.45) is 17.8 Å². The van der Waals surface area contributed by atoms with Gasteiger partial charge in [0.05, 0.1) is 12.7 Å². The second kappa shape index (κ2) is 6.83. The third-order valence-electron chi connectivity index (χ3n) is 4.95. The third-order valence-corrected chi connectivity index (χ3v) is 4.95. The van der Waals surface area contributed by atoms with Crippen LogP contribution in [0.2, 0.25) is 0 Å². The van der Waals surface area contributed by atoms with Gasteiger partial charge >= 0.3 is 0 Å². The number of ether oxygens (including phenoxy) is 1. The first-order valence-corrected chi connectivity index (χ1v) is 7.64. The molecule has 0 aliphatic heterocycles. The molecule has 0 heterocycles. The van der Waals surface area contributed by atoms with Crippen molar-refractivity contribution in [3.05, 3.63) is 12.7 Å². The largest absolute Gasteiger partial charge is 0.371 e. The molecule has 2 aliphatic rings. The minimum absolute atomic E-state index is 0.0916. The first kappa shape index (κ1) is 15.0. The SMILES string of the molecule is C=CCOC1CCC(C2CCC(C)CC2)C(F)C1F. The Labute approximate surface area is 115 Å². The van der Waals surface area contributed by atoms with Gasteiger partial charge in [-0.3, -0.25) is 0 Å². The molecule has 19 heavy (non-hydrogen) atoms. The molecule has 0 N–H and O–H groups in total. The summed E-state index contributed by atoms with van der Waals surface area (Å²) in [5.74, 6) is 1.04. The summed E-state index contributed by atoms with van der Waals surface area (Å²) in [5, 5.41) is 0. The molecule has 0 aromatic rings. The zero-order chi connectivity index (χ0) is 13.8. The summed E-state index contributed by atoms with van der Waals surface area (Å²) in [6.07, 6.45) is 4.09. The predicted molar refractivity (Wildman–Crippen MR) is 73.6 cm³/mol. The molecule has 2 saturated carbocycles. The molecular weight excluding hydrogens is 246 g/mol. The van der Waals surface area contributed by atoms with E-state index >= 15 is 0 Å². The number of rotatable bonds is 4. The number of hydrogen-bond donors (Lipinski definition) is 0. The fraction of sp³-hybridized carbons (Fsp3) is 0.875. The van der Waals surface area contributed by atoms with Gasteiger partial charge in [-0.2, -0.15) is 0 Å². The van der Waals surface area contributed by atoms with E-state index in [9.17, 15) is 8.78 Å². The maximum atomic E-state index is 14.3. The molecule has 4 atom stereocenters. The number of hydrogen-bond acceptors (Lipinski definition) is 1. The summed E-state index contributed by atoms with van der Waals surface area (Å²) in [6.45, 7) is 6.10. The van der Waals surface area contributed by atoms with Gasteiger partial charge in [0.15, 0.2) is 6.17 Å². The first-order chi connectivity index (χ1) is 9.13. The predicted octanol–water partition coefficient (Wildman–Crippen LogP) is 4.47. The van der Waals surface area contributed by atoms with Crippen LogP contribution in [0.5, 0.6) is 0 Å². The zero-order valence-electron chi connectivity index (χ0n) is 11.9. The number of halogens is 2. The fourth-order valence-electron chi connectivity index (χ4n) is 3.69. The Balaban J connectivity index is 1.89. The monoisotopic (exact) mass is 272 g/mol. The standard InChI is InChI=1S/C16H26F2O/c1-3-10-19-14-9-8-13(15(17)16(14)18)12-6-4-11(2)5-7-12/h3,11-16H,1,4-10H2,2H3. The highest BCUT2D eigenvalue weighted by molar-refractivity contribution is 4.93. The van der Waals surface area contributed by atoms with Crippen LogP contribution in [0.15, 0.2) is 12.7 Å². The van der Waals surface area contributed by atoms with Crippen molar-refractivity contribution in [3.63, 3.8) is 0 Å². The Morgan fingerprint density at radius 2 is 1.74 bits per heavy atom. The fourth-order valence-corrected chi connectivity index (χ4v) is 3.69. The molecular formula is C16H26F2O. The average Bonchev–Trinajstić information content (AvgIpc) is 2.42. The van der Waals surface area contributed by atoms with Crippen molar-refractivity contribution < 1.29 is 13.5 Å². The lowest BCUT2D eigenvalue weighted by atomic mass is 9.69. The molecule has 0 bridgehead atoms. The van der Waals surface area contributed by atoms with Crippen molar-refractivity contribution >= 4 is 0 Å². The number of alkyl halides is 2. The molecule has 2 fully saturated rings. The molecule has 0 aromatic carbocycles. The van der Waals surface area contributed by atoms with Crippen LogP contribution in [0.3, 0.4) is 0 Å². The summed E-state index contributed by atoms with van der Waals surface area (Å²) < 4.78 is 33.8. The van der Waals surface area contributed by atoms with Crippen LogP contribution >= 0.6 is 0 Å². The average molecular weight is 272 g/mol. The quantitative estimate of drug-likeness (QED) is 0.686. The van der Waals surface area contributed by atoms with Gasteiger partial charge in [0.25, 0.3) is 0 Å². The van der Waals surface area contributed by atoms with Crippen molar-refractivity contribution in [1.29, 1.82) is 0 Å². The molecule has 4 unspecified atom stereocenters. The van der Waals surface area contributed by atoms with E-state index < -0.39 is 18.4 Å². The van der Waals surface area contributed by atoms with Gasteiger partial charge < -0.3 is 4.74 Å². The summed E-state index contributed by atoms with van der Waals surface area (Å²) in [4.78, 5) is 0. The smallest absolute Gasteiger partial charge is 0.157 e. The van der Waals surface area contributed by atoms with Crippen LogP contribution in [-0.4, -0.2) is 25.1 Å². The molecule has 110 valence electrons. The molecule has 1 nitrogen and oxygen atoms in total. The Bertz CT molecular complexity index is 286. The summed E-state index contributed by atoms with van der Waals surface area (Å²) in [5.41, 5.74) is 0. The van der Waals surface area contributed by atoms with E-state index in [1.807, 2.05) is 0 Å². The molecule has 0 saturated heterocycles. The summed E-state index contributed by atoms with van der Waals surface area (Å²) in [6, 6.07) is 0. The van der Waals surface area contributed by atoms with Gasteiger partial charge in [0.1, 0.15) is 6.17 Å². The van der Waals surface area contributed by atoms with E-state index in [-0.39, 0.29) is 5.92 Å². The van der Waals surface area contributed by atoms with E-state index in [2.05, 4.69) is 13.5 Å². The molecule has 0 radical (unpaired) electrons. The highest BCUT2D eigenvalue weighted by Gasteiger charge is 2.44. The van der Waals surface area contributed by atoms with E-state index in [1.54, 1.807) is 6.08 Å². The molecule has 0 spiro atoms. The van der Waals surface area contributed by atoms with Crippen molar-refractivity contribution in [2.45, 2.75) is 63.9 Å². The van der Waals surface area contributed by atoms with Gasteiger partial charge in [-0.05, 0) is 43.4 Å². The maximum absolute atomic E-state index is 14.3. The van der Waals surface area contributed by atoms with E-state index in [1.165, 1.54) is 12.8 Å². The maximum Gasteiger partial charge on any atom is 0.157 e. The Morgan fingerprint density at radius 1 is 1.05 bits per heavy atom. The summed E-state index contributed by atoms with van der Waals surface area (Å²) in [7, 11) is 0. The molecule has 2 aliphatic carbocycles. The van der Waals surface area contributed by atoms with Gasteiger partial charge in [-0.25, -0.2) is 8.78 Å². The van der Waals surface area contributed by atoms with E-state index in [4.69, 9.17) is 4.74 Å². The van der Waals surface area contributed by atoms with Crippen LogP contribution in [0.1, 0.15) is 45.4 Å². The lowest BCUT2D eigenvalue weighted by Gasteiger charge is -2.40. The lowest BCUT2D eigenvalue weighted by molar-refractivity contribution is -0.0806. The first-order valence-electron chi connectivity index (χ1n) is 7.64. The molecule has 0 amide bonds. The van der Waals surface area contributed by atoms with Gasteiger partial charge in [0.2, 0.25) is 0 Å². The second-order valence-corrected chi connectivity index (χ2v) is 6.31. The van der Waals surface area contributed by atoms with Crippen LogP contribution in [0.25, 0.3) is 0 Å². The highest BCUT2D eigenvalue weighted by Crippen LogP contribution is 2.42. The zero-order valence-corrected chi connectivity index (χ0v) is 11.9. The third kappa shape index (κ3) is 3.56. The highest BCUT2D eigenvalue weighted by atomic mass is 19.2. The van der Waals surface area contributed by atoms with E-state index in [0.717, 1.165) is 25.2 Å². The van der Waals surface area contributed by atoms with Gasteiger partial charge in [-0.1, -0.05) is 25.8 Å². The Kier molecular flexibility index (Phi) is 5.37. The van der Waals surface area contributed by atoms with Crippen molar-refractivity contribution in [1.82, 2.24) is 0 Å². The van der Waals surface area contributed by atoms with Crippen molar-refractivity contribution in [2.75, 3.05) is 6.61 Å². The normalized spacial score (nSPS) is 43.9.